The van der Waals surface area contributed by atoms with E-state index in [-0.39, 0.29) is 24.4 Å². The number of hydrogen-bond donors (Lipinski definition) is 3. The number of carboxylic acid groups (broad SMARTS) is 3. The van der Waals surface area contributed by atoms with Gasteiger partial charge in [0.25, 0.3) is 0 Å². The lowest BCUT2D eigenvalue weighted by molar-refractivity contribution is -0.162. The van der Waals surface area contributed by atoms with Gasteiger partial charge in [0.15, 0.2) is 0 Å². The van der Waals surface area contributed by atoms with E-state index < -0.39 is 28.7 Å². The highest BCUT2D eigenvalue weighted by Crippen LogP contribution is 2.60. The summed E-state index contributed by atoms with van der Waals surface area (Å²) < 4.78 is 22.7. The van der Waals surface area contributed by atoms with E-state index in [1.165, 1.54) is 0 Å². The van der Waals surface area contributed by atoms with Gasteiger partial charge in [0.1, 0.15) is 0 Å². The molecule has 4 aliphatic heterocycles. The Morgan fingerprint density at radius 1 is 0.638 bits per heavy atom. The van der Waals surface area contributed by atoms with Gasteiger partial charge in [-0.15, -0.1) is 0 Å². The fourth-order valence-electron chi connectivity index (χ4n) is 11.0. The lowest BCUT2D eigenvalue weighted by Crippen LogP contribution is -2.51. The van der Waals surface area contributed by atoms with Crippen molar-refractivity contribution in [3.8, 4) is 0 Å². The molecule has 8 rings (SSSR count). The zero-order valence-corrected chi connectivity index (χ0v) is 28.6. The maximum atomic E-state index is 12.6. The lowest BCUT2D eigenvalue weighted by atomic mass is 9.54. The molecule has 10 nitrogen and oxygen atoms in total. The minimum atomic E-state index is -0.847. The molecule has 16 unspecified atom stereocenters. The largest absolute Gasteiger partial charge is 0.481 e. The highest BCUT2D eigenvalue weighted by atomic mass is 16.6. The Balaban J connectivity index is 0.000000160. The molecule has 8 aliphatic rings. The summed E-state index contributed by atoms with van der Waals surface area (Å²) >= 11 is 0. The van der Waals surface area contributed by atoms with Gasteiger partial charge in [-0.05, 0) is 118 Å². The van der Waals surface area contributed by atoms with Gasteiger partial charge in [-0.1, -0.05) is 27.7 Å². The Morgan fingerprint density at radius 3 is 1.62 bits per heavy atom. The van der Waals surface area contributed by atoms with E-state index in [9.17, 15) is 24.6 Å². The molecule has 4 heterocycles. The van der Waals surface area contributed by atoms with Crippen LogP contribution in [0.4, 0.5) is 0 Å². The molecule has 0 aromatic carbocycles. The molecule has 8 fully saturated rings. The summed E-state index contributed by atoms with van der Waals surface area (Å²) in [6, 6.07) is 0. The Morgan fingerprint density at radius 2 is 1.11 bits per heavy atom. The van der Waals surface area contributed by atoms with Gasteiger partial charge < -0.3 is 34.3 Å². The minimum absolute atomic E-state index is 0.0388. The van der Waals surface area contributed by atoms with Gasteiger partial charge in [-0.2, -0.15) is 0 Å². The second-order valence-electron chi connectivity index (χ2n) is 17.3. The van der Waals surface area contributed by atoms with E-state index in [0.29, 0.717) is 104 Å². The van der Waals surface area contributed by atoms with Crippen molar-refractivity contribution in [2.75, 3.05) is 0 Å². The van der Waals surface area contributed by atoms with Gasteiger partial charge in [-0.3, -0.25) is 14.4 Å². The van der Waals surface area contributed by atoms with Crippen LogP contribution >= 0.6 is 0 Å². The van der Waals surface area contributed by atoms with Gasteiger partial charge >= 0.3 is 17.9 Å². The number of carboxylic acids is 3. The standard InChI is InChI=1S/C22H34O6.C15H22O4/c1-12-6-16-18(27-16)8-14(12)10-22(21(25)26,5-3-4-20(23)24)11-15-9-19-17(28-19)7-13(15)2;1-7-3-10-12(18-10)5-9(7)15(14(16)17)6-13-11(19-13)4-8(15)2/h12-19H,3-11H2,1-2H3,(H,23,24)(H,25,26);7-13H,3-6H2,1-2H3,(H,16,17). The lowest BCUT2D eigenvalue weighted by Gasteiger charge is -2.47. The first-order valence-corrected chi connectivity index (χ1v) is 18.6. The van der Waals surface area contributed by atoms with Crippen LogP contribution in [0.1, 0.15) is 111 Å². The summed E-state index contributed by atoms with van der Waals surface area (Å²) in [7, 11) is 0. The third kappa shape index (κ3) is 6.74. The number of epoxide rings is 4. The van der Waals surface area contributed by atoms with Crippen LogP contribution in [0.2, 0.25) is 0 Å². The quantitative estimate of drug-likeness (QED) is 0.231. The van der Waals surface area contributed by atoms with Crippen LogP contribution in [0.25, 0.3) is 0 Å². The van der Waals surface area contributed by atoms with Crippen LogP contribution < -0.4 is 0 Å². The van der Waals surface area contributed by atoms with Crippen molar-refractivity contribution in [2.45, 2.75) is 160 Å². The van der Waals surface area contributed by atoms with Crippen molar-refractivity contribution in [2.24, 2.45) is 52.3 Å². The zero-order valence-electron chi connectivity index (χ0n) is 28.6. The summed E-state index contributed by atoms with van der Waals surface area (Å²) in [5.41, 5.74) is -1.43. The smallest absolute Gasteiger partial charge is 0.310 e. The maximum Gasteiger partial charge on any atom is 0.310 e. The van der Waals surface area contributed by atoms with E-state index in [0.717, 1.165) is 44.9 Å². The van der Waals surface area contributed by atoms with Crippen molar-refractivity contribution in [3.63, 3.8) is 0 Å². The second-order valence-corrected chi connectivity index (χ2v) is 17.3. The van der Waals surface area contributed by atoms with Crippen molar-refractivity contribution in [1.82, 2.24) is 0 Å². The number of ether oxygens (including phenoxy) is 4. The average molecular weight is 661 g/mol. The van der Waals surface area contributed by atoms with E-state index in [1.54, 1.807) is 0 Å². The van der Waals surface area contributed by atoms with Gasteiger partial charge in [-0.25, -0.2) is 0 Å². The fraction of sp³-hybridized carbons (Fsp3) is 0.919. The summed E-state index contributed by atoms with van der Waals surface area (Å²) in [5.74, 6) is 0.299. The molecular weight excluding hydrogens is 604 g/mol. The molecule has 0 aromatic heterocycles. The normalized spacial score (nSPS) is 49.7. The molecule has 4 saturated heterocycles. The van der Waals surface area contributed by atoms with E-state index in [4.69, 9.17) is 24.1 Å². The third-order valence-corrected chi connectivity index (χ3v) is 14.3. The van der Waals surface area contributed by atoms with E-state index >= 15 is 0 Å². The molecule has 4 aliphatic carbocycles. The average Bonchev–Trinajstić information content (AvgIpc) is 3.79. The molecule has 264 valence electrons. The molecule has 3 N–H and O–H groups in total. The highest BCUT2D eigenvalue weighted by Gasteiger charge is 2.64. The van der Waals surface area contributed by atoms with Crippen molar-refractivity contribution in [1.29, 1.82) is 0 Å². The number of carbonyl (C=O) groups is 3. The first kappa shape index (κ1) is 33.7. The summed E-state index contributed by atoms with van der Waals surface area (Å²) in [6.07, 6.45) is 12.5. The van der Waals surface area contributed by atoms with Crippen molar-refractivity contribution in [3.05, 3.63) is 0 Å². The molecule has 0 aromatic rings. The molecule has 0 spiro atoms. The molecule has 0 radical (unpaired) electrons. The van der Waals surface area contributed by atoms with Crippen molar-refractivity contribution >= 4 is 17.9 Å². The molecule has 4 saturated carbocycles. The van der Waals surface area contributed by atoms with Gasteiger partial charge in [0.05, 0.1) is 59.7 Å². The van der Waals surface area contributed by atoms with Crippen LogP contribution in [-0.4, -0.2) is 82.1 Å². The predicted molar refractivity (Wildman–Crippen MR) is 170 cm³/mol. The van der Waals surface area contributed by atoms with E-state index in [1.807, 2.05) is 0 Å². The first-order chi connectivity index (χ1) is 22.3. The second kappa shape index (κ2) is 12.5. The molecule has 0 amide bonds. The molecule has 0 bridgehead atoms. The predicted octanol–water partition coefficient (Wildman–Crippen LogP) is 5.79. The Labute approximate surface area is 278 Å². The number of fused-ring (bicyclic) bond motifs is 4. The third-order valence-electron chi connectivity index (χ3n) is 14.3. The van der Waals surface area contributed by atoms with Crippen LogP contribution in [0, 0.1) is 52.3 Å². The first-order valence-electron chi connectivity index (χ1n) is 18.6. The summed E-state index contributed by atoms with van der Waals surface area (Å²) in [6.45, 7) is 8.76. The minimum Gasteiger partial charge on any atom is -0.481 e. The highest BCUT2D eigenvalue weighted by molar-refractivity contribution is 5.76. The zero-order chi connectivity index (χ0) is 33.4. The molecule has 10 heteroatoms. The SMILES string of the molecule is CC1CC2OC2CC1C1(C(=O)O)CC2OC2CC1C.CC1CC2OC2CC1CC(CCCC(=O)O)(CC1CC2OC2CC1C)C(=O)O. The Bertz CT molecular complexity index is 1190. The summed E-state index contributed by atoms with van der Waals surface area (Å²) in [5, 5.41) is 29.4. The molecular formula is C37H56O10. The fourth-order valence-corrected chi connectivity index (χ4v) is 11.0. The van der Waals surface area contributed by atoms with Crippen molar-refractivity contribution < 1.29 is 48.7 Å². The van der Waals surface area contributed by atoms with E-state index in [2.05, 4.69) is 27.7 Å². The van der Waals surface area contributed by atoms with Gasteiger partial charge in [0.2, 0.25) is 0 Å². The number of aliphatic carboxylic acids is 3. The number of hydrogen-bond acceptors (Lipinski definition) is 7. The van der Waals surface area contributed by atoms with Crippen LogP contribution in [0.15, 0.2) is 0 Å². The van der Waals surface area contributed by atoms with Crippen LogP contribution in [0.5, 0.6) is 0 Å². The Kier molecular flexibility index (Phi) is 9.00. The maximum absolute atomic E-state index is 12.6. The van der Waals surface area contributed by atoms with Crippen LogP contribution in [-0.2, 0) is 33.3 Å². The topological polar surface area (TPSA) is 162 Å². The van der Waals surface area contributed by atoms with Gasteiger partial charge in [0, 0.05) is 6.42 Å². The monoisotopic (exact) mass is 660 g/mol. The Hall–Kier alpha value is -1.75. The molecule has 47 heavy (non-hydrogen) atoms. The molecule has 16 atom stereocenters. The number of rotatable bonds is 11. The summed E-state index contributed by atoms with van der Waals surface area (Å²) in [4.78, 5) is 35.8. The van der Waals surface area contributed by atoms with Crippen LogP contribution in [0.3, 0.4) is 0 Å².